The zero-order chi connectivity index (χ0) is 29.6. The lowest BCUT2D eigenvalue weighted by molar-refractivity contribution is -0.138. The number of ether oxygens (including phenoxy) is 1. The highest BCUT2D eigenvalue weighted by atomic mass is 35.5. The quantitative estimate of drug-likeness (QED) is 0.222. The smallest absolute Gasteiger partial charge is 0.416 e. The van der Waals surface area contributed by atoms with Crippen LogP contribution in [0, 0.1) is 19.8 Å². The Kier molecular flexibility index (Phi) is 10.1. The zero-order valence-corrected chi connectivity index (χ0v) is 23.4. The minimum absolute atomic E-state index is 0.0301. The molecule has 3 aromatic rings. The Balaban J connectivity index is 1.68. The Hall–Kier alpha value is -3.72. The molecule has 40 heavy (non-hydrogen) atoms. The molecule has 1 atom stereocenters. The van der Waals surface area contributed by atoms with E-state index in [1.165, 1.54) is 6.07 Å². The average Bonchev–Trinajstić information content (AvgIpc) is 2.86. The normalized spacial score (nSPS) is 12.2. The van der Waals surface area contributed by atoms with Gasteiger partial charge in [0.25, 0.3) is 5.91 Å². The molecule has 0 aromatic heterocycles. The lowest BCUT2D eigenvalue weighted by Gasteiger charge is -2.24. The fourth-order valence-corrected chi connectivity index (χ4v) is 4.50. The minimum atomic E-state index is -4.47. The van der Waals surface area contributed by atoms with E-state index in [9.17, 15) is 22.8 Å². The van der Waals surface area contributed by atoms with Crippen LogP contribution in [0.15, 0.2) is 54.6 Å². The number of amides is 1. The van der Waals surface area contributed by atoms with Crippen molar-refractivity contribution < 1.29 is 32.6 Å². The number of anilines is 1. The van der Waals surface area contributed by atoms with E-state index in [2.05, 4.69) is 24.5 Å². The summed E-state index contributed by atoms with van der Waals surface area (Å²) >= 11 is 6.25. The molecule has 3 N–H and O–H groups in total. The Bertz CT molecular complexity index is 1340. The van der Waals surface area contributed by atoms with Gasteiger partial charge >= 0.3 is 12.1 Å². The van der Waals surface area contributed by atoms with Crippen LogP contribution in [0.5, 0.6) is 5.75 Å². The van der Waals surface area contributed by atoms with Crippen molar-refractivity contribution in [2.75, 3.05) is 18.5 Å². The van der Waals surface area contributed by atoms with Gasteiger partial charge in [-0.25, -0.2) is 0 Å². The number of carboxylic acid groups (broad SMARTS) is 1. The van der Waals surface area contributed by atoms with Gasteiger partial charge in [-0.2, -0.15) is 13.2 Å². The number of rotatable bonds is 11. The van der Waals surface area contributed by atoms with Gasteiger partial charge < -0.3 is 20.5 Å². The topological polar surface area (TPSA) is 87.7 Å². The number of halogens is 4. The van der Waals surface area contributed by atoms with Crippen LogP contribution in [0.25, 0.3) is 11.1 Å². The third kappa shape index (κ3) is 8.14. The van der Waals surface area contributed by atoms with E-state index in [-0.39, 0.29) is 35.9 Å². The van der Waals surface area contributed by atoms with E-state index >= 15 is 0 Å². The van der Waals surface area contributed by atoms with Crippen molar-refractivity contribution >= 4 is 29.2 Å². The van der Waals surface area contributed by atoms with Gasteiger partial charge in [-0.15, -0.1) is 0 Å². The number of hydrogen-bond acceptors (Lipinski definition) is 4. The maximum Gasteiger partial charge on any atom is 0.416 e. The molecule has 3 rings (SSSR count). The maximum atomic E-state index is 13.1. The van der Waals surface area contributed by atoms with Gasteiger partial charge in [0.1, 0.15) is 12.4 Å². The molecular formula is C30H32ClF3N2O4. The molecule has 214 valence electrons. The molecule has 0 bridgehead atoms. The van der Waals surface area contributed by atoms with Crippen molar-refractivity contribution in [2.24, 2.45) is 5.92 Å². The fourth-order valence-electron chi connectivity index (χ4n) is 4.23. The highest BCUT2D eigenvalue weighted by Crippen LogP contribution is 2.39. The van der Waals surface area contributed by atoms with Crippen LogP contribution in [0.1, 0.15) is 47.3 Å². The zero-order valence-electron chi connectivity index (χ0n) is 22.7. The molecule has 0 unspecified atom stereocenters. The van der Waals surface area contributed by atoms with Crippen LogP contribution in [0.3, 0.4) is 0 Å². The van der Waals surface area contributed by atoms with E-state index < -0.39 is 17.7 Å². The van der Waals surface area contributed by atoms with Crippen LogP contribution in [-0.4, -0.2) is 36.2 Å². The summed E-state index contributed by atoms with van der Waals surface area (Å²) in [6.07, 6.45) is -4.61. The lowest BCUT2D eigenvalue weighted by atomic mass is 9.94. The van der Waals surface area contributed by atoms with Crippen LogP contribution >= 0.6 is 11.6 Å². The van der Waals surface area contributed by atoms with Gasteiger partial charge in [0, 0.05) is 28.4 Å². The first-order chi connectivity index (χ1) is 18.8. The van der Waals surface area contributed by atoms with Gasteiger partial charge in [-0.1, -0.05) is 31.5 Å². The molecule has 3 aromatic carbocycles. The largest absolute Gasteiger partial charge is 0.491 e. The summed E-state index contributed by atoms with van der Waals surface area (Å²) < 4.78 is 45.3. The monoisotopic (exact) mass is 576 g/mol. The van der Waals surface area contributed by atoms with Crippen LogP contribution in [0.2, 0.25) is 5.02 Å². The molecule has 6 nitrogen and oxygen atoms in total. The molecule has 0 aliphatic rings. The second-order valence-corrected chi connectivity index (χ2v) is 10.3. The van der Waals surface area contributed by atoms with Crippen LogP contribution in [0.4, 0.5) is 18.9 Å². The number of benzene rings is 3. The fraction of sp³-hybridized carbons (Fsp3) is 0.333. The Morgan fingerprint density at radius 3 is 2.15 bits per heavy atom. The van der Waals surface area contributed by atoms with Gasteiger partial charge in [0.2, 0.25) is 0 Å². The number of carbonyl (C=O) groups is 2. The predicted octanol–water partition coefficient (Wildman–Crippen LogP) is 7.36. The molecule has 0 spiro atoms. The molecule has 0 saturated heterocycles. The summed E-state index contributed by atoms with van der Waals surface area (Å²) in [4.78, 5) is 22.8. The van der Waals surface area contributed by atoms with Crippen LogP contribution in [-0.2, 0) is 11.0 Å². The van der Waals surface area contributed by atoms with Crippen molar-refractivity contribution in [3.8, 4) is 16.9 Å². The molecule has 0 aliphatic carbocycles. The second-order valence-electron chi connectivity index (χ2n) is 9.91. The summed E-state index contributed by atoms with van der Waals surface area (Å²) in [7, 11) is 0. The third-order valence-corrected chi connectivity index (χ3v) is 6.74. The Morgan fingerprint density at radius 1 is 1.00 bits per heavy atom. The highest BCUT2D eigenvalue weighted by Gasteiger charge is 2.31. The molecule has 0 heterocycles. The van der Waals surface area contributed by atoms with E-state index in [1.807, 2.05) is 26.0 Å². The number of aryl methyl sites for hydroxylation is 2. The number of aliphatic carboxylic acids is 1. The first-order valence-electron chi connectivity index (χ1n) is 12.7. The van der Waals surface area contributed by atoms with Gasteiger partial charge in [0.15, 0.2) is 0 Å². The Morgan fingerprint density at radius 2 is 1.62 bits per heavy atom. The number of nitrogens with one attached hydrogen (secondary N) is 2. The third-order valence-electron chi connectivity index (χ3n) is 6.43. The average molecular weight is 577 g/mol. The first kappa shape index (κ1) is 30.8. The second kappa shape index (κ2) is 13.1. The molecule has 1 amide bonds. The van der Waals surface area contributed by atoms with E-state index in [0.717, 1.165) is 34.5 Å². The van der Waals surface area contributed by atoms with Crippen molar-refractivity contribution in [3.63, 3.8) is 0 Å². The lowest BCUT2D eigenvalue weighted by Crippen LogP contribution is -2.32. The minimum Gasteiger partial charge on any atom is -0.491 e. The molecule has 10 heteroatoms. The number of hydrogen-bond donors (Lipinski definition) is 3. The van der Waals surface area contributed by atoms with Crippen molar-refractivity contribution in [3.05, 3.63) is 81.9 Å². The molecule has 0 saturated carbocycles. The number of carboxylic acids is 1. The van der Waals surface area contributed by atoms with Gasteiger partial charge in [-0.05, 0) is 85.0 Å². The van der Waals surface area contributed by atoms with E-state index in [4.69, 9.17) is 21.4 Å². The molecular weight excluding hydrogens is 545 g/mol. The van der Waals surface area contributed by atoms with E-state index in [1.54, 1.807) is 24.3 Å². The molecule has 0 fully saturated rings. The standard InChI is InChI=1S/C30H32ClF3N2O4/c1-17(2)26(36-22-8-5-20(6-9-22)29(39)35-12-11-27(37)38)16-40-23-13-18(3)28(19(4)14-23)24-10-7-21(15-25(24)31)30(32,33)34/h5-10,13-15,17,26,36H,11-12,16H2,1-4H3,(H,35,39)(H,37,38)/t26-/m1/s1. The summed E-state index contributed by atoms with van der Waals surface area (Å²) in [6.45, 7) is 8.23. The van der Waals surface area contributed by atoms with E-state index in [0.29, 0.717) is 23.5 Å². The highest BCUT2D eigenvalue weighted by molar-refractivity contribution is 6.33. The predicted molar refractivity (Wildman–Crippen MR) is 150 cm³/mol. The number of alkyl halides is 3. The summed E-state index contributed by atoms with van der Waals surface area (Å²) in [6, 6.07) is 13.8. The SMILES string of the molecule is Cc1cc(OC[C@@H](Nc2ccc(C(=O)NCCC(=O)O)cc2)C(C)C)cc(C)c1-c1ccc(C(F)(F)F)cc1Cl. The maximum absolute atomic E-state index is 13.1. The molecule has 0 aliphatic heterocycles. The summed E-state index contributed by atoms with van der Waals surface area (Å²) in [5.41, 5.74) is 3.36. The van der Waals surface area contributed by atoms with Crippen LogP contribution < -0.4 is 15.4 Å². The van der Waals surface area contributed by atoms with Gasteiger partial charge in [0.05, 0.1) is 18.0 Å². The van der Waals surface area contributed by atoms with Crippen molar-refractivity contribution in [1.29, 1.82) is 0 Å². The first-order valence-corrected chi connectivity index (χ1v) is 13.1. The van der Waals surface area contributed by atoms with Crippen molar-refractivity contribution in [2.45, 2.75) is 46.3 Å². The molecule has 0 radical (unpaired) electrons. The van der Waals surface area contributed by atoms with Gasteiger partial charge in [-0.3, -0.25) is 9.59 Å². The Labute approximate surface area is 236 Å². The summed E-state index contributed by atoms with van der Waals surface area (Å²) in [5.74, 6) is -0.496. The summed E-state index contributed by atoms with van der Waals surface area (Å²) in [5, 5.41) is 14.7. The van der Waals surface area contributed by atoms with Crippen molar-refractivity contribution in [1.82, 2.24) is 5.32 Å². The number of carbonyl (C=O) groups excluding carboxylic acids is 1.